The van der Waals surface area contributed by atoms with Gasteiger partial charge in [0.15, 0.2) is 0 Å². The lowest BCUT2D eigenvalue weighted by Gasteiger charge is -2.18. The Morgan fingerprint density at radius 3 is 2.56 bits per heavy atom. The van der Waals surface area contributed by atoms with Gasteiger partial charge in [-0.3, -0.25) is 4.72 Å². The van der Waals surface area contributed by atoms with E-state index in [1.165, 1.54) is 4.31 Å². The summed E-state index contributed by atoms with van der Waals surface area (Å²) in [5.41, 5.74) is 7.74. The van der Waals surface area contributed by atoms with Crippen LogP contribution in [0.25, 0.3) is 0 Å². The van der Waals surface area contributed by atoms with Crippen molar-refractivity contribution < 1.29 is 8.42 Å². The zero-order valence-corrected chi connectivity index (χ0v) is 12.5. The maximum absolute atomic E-state index is 12.1. The largest absolute Gasteiger partial charge is 0.398 e. The molecule has 3 N–H and O–H groups in total. The molecule has 5 nitrogen and oxygen atoms in total. The highest BCUT2D eigenvalue weighted by Crippen LogP contribution is 2.29. The molecule has 1 fully saturated rings. The highest BCUT2D eigenvalue weighted by Gasteiger charge is 2.25. The van der Waals surface area contributed by atoms with Crippen LogP contribution in [0.1, 0.15) is 18.4 Å². The molecule has 0 atom stereocenters. The van der Waals surface area contributed by atoms with Crippen LogP contribution in [0.15, 0.2) is 16.6 Å². The molecule has 1 saturated heterocycles. The van der Waals surface area contributed by atoms with Crippen molar-refractivity contribution in [3.05, 3.63) is 22.2 Å². The SMILES string of the molecule is Cc1cc(Br)c(NS(=O)(=O)N2CCCC2)cc1N. The molecule has 7 heteroatoms. The molecule has 0 aromatic heterocycles. The van der Waals surface area contributed by atoms with E-state index in [0.717, 1.165) is 18.4 Å². The maximum Gasteiger partial charge on any atom is 0.301 e. The molecule has 0 bridgehead atoms. The van der Waals surface area contributed by atoms with Gasteiger partial charge < -0.3 is 5.73 Å². The topological polar surface area (TPSA) is 75.4 Å². The van der Waals surface area contributed by atoms with E-state index in [0.29, 0.717) is 28.9 Å². The van der Waals surface area contributed by atoms with Gasteiger partial charge in [-0.25, -0.2) is 0 Å². The minimum atomic E-state index is -3.47. The second-order valence-electron chi connectivity index (χ2n) is 4.40. The van der Waals surface area contributed by atoms with Crippen molar-refractivity contribution in [2.24, 2.45) is 0 Å². The van der Waals surface area contributed by atoms with Crippen LogP contribution in [0.2, 0.25) is 0 Å². The molecule has 0 spiro atoms. The minimum absolute atomic E-state index is 0.477. The summed E-state index contributed by atoms with van der Waals surface area (Å²) < 4.78 is 28.9. The van der Waals surface area contributed by atoms with Gasteiger partial charge in [0.1, 0.15) is 0 Å². The minimum Gasteiger partial charge on any atom is -0.398 e. The Balaban J connectivity index is 2.26. The van der Waals surface area contributed by atoms with E-state index in [2.05, 4.69) is 20.7 Å². The van der Waals surface area contributed by atoms with E-state index in [1.807, 2.05) is 6.92 Å². The first-order valence-electron chi connectivity index (χ1n) is 5.73. The summed E-state index contributed by atoms with van der Waals surface area (Å²) in [5.74, 6) is 0. The smallest absolute Gasteiger partial charge is 0.301 e. The zero-order chi connectivity index (χ0) is 13.3. The number of hydrogen-bond donors (Lipinski definition) is 2. The van der Waals surface area contributed by atoms with Gasteiger partial charge in [-0.2, -0.15) is 12.7 Å². The Hall–Kier alpha value is -0.790. The zero-order valence-electron chi connectivity index (χ0n) is 10.1. The number of nitrogens with zero attached hydrogens (tertiary/aromatic N) is 1. The van der Waals surface area contributed by atoms with Crippen LogP contribution in [0, 0.1) is 6.92 Å². The summed E-state index contributed by atoms with van der Waals surface area (Å²) in [5, 5.41) is 0. The van der Waals surface area contributed by atoms with Crippen LogP contribution < -0.4 is 10.5 Å². The Labute approximate surface area is 116 Å². The molecule has 0 aliphatic carbocycles. The third kappa shape index (κ3) is 2.78. The third-order valence-corrected chi connectivity index (χ3v) is 5.18. The molecular formula is C11H16BrN3O2S. The lowest BCUT2D eigenvalue weighted by molar-refractivity contribution is 0.482. The Morgan fingerprint density at radius 1 is 1.33 bits per heavy atom. The van der Waals surface area contributed by atoms with Crippen LogP contribution in [0.4, 0.5) is 11.4 Å². The predicted molar refractivity (Wildman–Crippen MR) is 76.6 cm³/mol. The van der Waals surface area contributed by atoms with E-state index in [-0.39, 0.29) is 0 Å². The first-order chi connectivity index (χ1) is 8.40. The number of rotatable bonds is 3. The summed E-state index contributed by atoms with van der Waals surface area (Å²) in [6.45, 7) is 3.03. The van der Waals surface area contributed by atoms with Crippen LogP contribution in [0.3, 0.4) is 0 Å². The van der Waals surface area contributed by atoms with Crippen molar-refractivity contribution >= 4 is 37.5 Å². The first-order valence-corrected chi connectivity index (χ1v) is 7.97. The number of anilines is 2. The summed E-state index contributed by atoms with van der Waals surface area (Å²) in [6.07, 6.45) is 1.83. The van der Waals surface area contributed by atoms with E-state index < -0.39 is 10.2 Å². The molecule has 1 aromatic rings. The summed E-state index contributed by atoms with van der Waals surface area (Å²) in [4.78, 5) is 0. The fraction of sp³-hybridized carbons (Fsp3) is 0.455. The van der Waals surface area contributed by atoms with Gasteiger partial charge in [-0.05, 0) is 53.4 Å². The van der Waals surface area contributed by atoms with Gasteiger partial charge in [-0.1, -0.05) is 0 Å². The van der Waals surface area contributed by atoms with Gasteiger partial charge >= 0.3 is 10.2 Å². The molecule has 0 amide bonds. The van der Waals surface area contributed by atoms with Crippen molar-refractivity contribution in [2.45, 2.75) is 19.8 Å². The number of aryl methyl sites for hydroxylation is 1. The van der Waals surface area contributed by atoms with Gasteiger partial charge in [0.05, 0.1) is 5.69 Å². The molecule has 1 aromatic carbocycles. The summed E-state index contributed by atoms with van der Waals surface area (Å²) in [6, 6.07) is 3.43. The molecular weight excluding hydrogens is 318 g/mol. The van der Waals surface area contributed by atoms with Crippen molar-refractivity contribution in [3.8, 4) is 0 Å². The van der Waals surface area contributed by atoms with E-state index >= 15 is 0 Å². The average Bonchev–Trinajstić information content (AvgIpc) is 2.79. The molecule has 1 aliphatic rings. The normalized spacial score (nSPS) is 17.0. The lowest BCUT2D eigenvalue weighted by atomic mass is 10.2. The summed E-state index contributed by atoms with van der Waals surface area (Å²) >= 11 is 3.34. The standard InChI is InChI=1S/C11H16BrN3O2S/c1-8-6-9(12)11(7-10(8)13)14-18(16,17)15-4-2-3-5-15/h6-7,14H,2-5,13H2,1H3. The van der Waals surface area contributed by atoms with Gasteiger partial charge in [-0.15, -0.1) is 0 Å². The van der Waals surface area contributed by atoms with Crippen molar-refractivity contribution in [3.63, 3.8) is 0 Å². The molecule has 0 radical (unpaired) electrons. The van der Waals surface area contributed by atoms with E-state index in [4.69, 9.17) is 5.73 Å². The second-order valence-corrected chi connectivity index (χ2v) is 6.93. The highest BCUT2D eigenvalue weighted by atomic mass is 79.9. The average molecular weight is 334 g/mol. The van der Waals surface area contributed by atoms with Crippen LogP contribution in [-0.4, -0.2) is 25.8 Å². The third-order valence-electron chi connectivity index (χ3n) is 3.00. The van der Waals surface area contributed by atoms with Crippen molar-refractivity contribution in [1.82, 2.24) is 4.31 Å². The number of nitrogens with two attached hydrogens (primary N) is 1. The van der Waals surface area contributed by atoms with Gasteiger partial charge in [0, 0.05) is 23.2 Å². The van der Waals surface area contributed by atoms with Crippen molar-refractivity contribution in [2.75, 3.05) is 23.5 Å². The van der Waals surface area contributed by atoms with E-state index in [9.17, 15) is 8.42 Å². The molecule has 0 unspecified atom stereocenters. The number of nitrogens with one attached hydrogen (secondary N) is 1. The van der Waals surface area contributed by atoms with Gasteiger partial charge in [0.25, 0.3) is 0 Å². The molecule has 18 heavy (non-hydrogen) atoms. The quantitative estimate of drug-likeness (QED) is 0.831. The Morgan fingerprint density at radius 2 is 1.94 bits per heavy atom. The highest BCUT2D eigenvalue weighted by molar-refractivity contribution is 9.10. The number of halogens is 1. The fourth-order valence-corrected chi connectivity index (χ4v) is 3.90. The molecule has 0 saturated carbocycles. The number of hydrogen-bond acceptors (Lipinski definition) is 3. The second kappa shape index (κ2) is 5.07. The molecule has 1 heterocycles. The summed E-state index contributed by atoms with van der Waals surface area (Å²) in [7, 11) is -3.47. The van der Waals surface area contributed by atoms with Crippen molar-refractivity contribution in [1.29, 1.82) is 0 Å². The van der Waals surface area contributed by atoms with E-state index in [1.54, 1.807) is 12.1 Å². The van der Waals surface area contributed by atoms with Gasteiger partial charge in [0.2, 0.25) is 0 Å². The number of nitrogen functional groups attached to an aromatic ring is 1. The Kier molecular flexibility index (Phi) is 3.84. The monoisotopic (exact) mass is 333 g/mol. The fourth-order valence-electron chi connectivity index (χ4n) is 1.90. The van der Waals surface area contributed by atoms with Crippen LogP contribution in [-0.2, 0) is 10.2 Å². The maximum atomic E-state index is 12.1. The molecule has 1 aliphatic heterocycles. The predicted octanol–water partition coefficient (Wildman–Crippen LogP) is 2.09. The molecule has 2 rings (SSSR count). The van der Waals surface area contributed by atoms with Crippen LogP contribution >= 0.6 is 15.9 Å². The number of benzene rings is 1. The first kappa shape index (κ1) is 13.6. The lowest BCUT2D eigenvalue weighted by Crippen LogP contribution is -2.33. The molecule has 100 valence electrons. The van der Waals surface area contributed by atoms with Crippen LogP contribution in [0.5, 0.6) is 0 Å². The Bertz CT molecular complexity index is 554.